The van der Waals surface area contributed by atoms with Gasteiger partial charge in [-0.3, -0.25) is 0 Å². The van der Waals surface area contributed by atoms with Crippen molar-refractivity contribution in [2.24, 2.45) is 5.92 Å². The molecule has 1 aliphatic heterocycles. The molecular formula is C15H22N2. The first kappa shape index (κ1) is 11.2. The second kappa shape index (κ2) is 5.19. The minimum absolute atomic E-state index is 0.582. The lowest BCUT2D eigenvalue weighted by atomic mass is 10.0. The van der Waals surface area contributed by atoms with Crippen LogP contribution >= 0.6 is 0 Å². The van der Waals surface area contributed by atoms with Gasteiger partial charge in [-0.1, -0.05) is 30.3 Å². The molecule has 1 saturated heterocycles. The van der Waals surface area contributed by atoms with Crippen molar-refractivity contribution in [1.29, 1.82) is 0 Å². The fraction of sp³-hybridized carbons (Fsp3) is 0.600. The Balaban J connectivity index is 1.60. The van der Waals surface area contributed by atoms with Gasteiger partial charge in [0.1, 0.15) is 0 Å². The summed E-state index contributed by atoms with van der Waals surface area (Å²) in [6.45, 7) is 2.32. The van der Waals surface area contributed by atoms with Gasteiger partial charge in [0.2, 0.25) is 0 Å². The second-order valence-corrected chi connectivity index (χ2v) is 5.43. The lowest BCUT2D eigenvalue weighted by Gasteiger charge is -2.21. The van der Waals surface area contributed by atoms with Crippen LogP contribution in [0, 0.1) is 5.92 Å². The van der Waals surface area contributed by atoms with Gasteiger partial charge in [-0.25, -0.2) is 0 Å². The summed E-state index contributed by atoms with van der Waals surface area (Å²) in [5.41, 5.74) is 1.47. The fourth-order valence-corrected chi connectivity index (χ4v) is 2.85. The summed E-state index contributed by atoms with van der Waals surface area (Å²) in [6, 6.07) is 12.2. The van der Waals surface area contributed by atoms with Crippen molar-refractivity contribution in [3.05, 3.63) is 35.9 Å². The number of nitrogens with one attached hydrogen (secondary N) is 2. The van der Waals surface area contributed by atoms with Crippen molar-refractivity contribution in [1.82, 2.24) is 10.6 Å². The van der Waals surface area contributed by atoms with E-state index in [0.717, 1.165) is 12.5 Å². The van der Waals surface area contributed by atoms with Crippen LogP contribution < -0.4 is 10.6 Å². The van der Waals surface area contributed by atoms with E-state index in [2.05, 4.69) is 41.0 Å². The van der Waals surface area contributed by atoms with Gasteiger partial charge < -0.3 is 10.6 Å². The van der Waals surface area contributed by atoms with Crippen LogP contribution in [0.5, 0.6) is 0 Å². The third-order valence-corrected chi connectivity index (χ3v) is 4.00. The first-order chi connectivity index (χ1) is 8.43. The molecule has 0 bridgehead atoms. The van der Waals surface area contributed by atoms with Crippen LogP contribution in [-0.4, -0.2) is 19.1 Å². The van der Waals surface area contributed by atoms with Crippen LogP contribution in [0.4, 0.5) is 0 Å². The standard InChI is InChI=1S/C15H22N2/c1-2-5-12(6-3-1)15(13-8-9-13)17-11-14-7-4-10-16-14/h1-3,5-6,13-17H,4,7-11H2. The Morgan fingerprint density at radius 2 is 2.00 bits per heavy atom. The molecule has 1 aromatic carbocycles. The van der Waals surface area contributed by atoms with Crippen LogP contribution in [-0.2, 0) is 0 Å². The van der Waals surface area contributed by atoms with E-state index in [4.69, 9.17) is 0 Å². The average molecular weight is 230 g/mol. The Labute approximate surface area is 104 Å². The largest absolute Gasteiger partial charge is 0.313 e. The molecule has 2 unspecified atom stereocenters. The third-order valence-electron chi connectivity index (χ3n) is 4.00. The number of hydrogen-bond acceptors (Lipinski definition) is 2. The van der Waals surface area contributed by atoms with Crippen LogP contribution in [0.25, 0.3) is 0 Å². The van der Waals surface area contributed by atoms with Crippen molar-refractivity contribution in [2.45, 2.75) is 37.8 Å². The maximum atomic E-state index is 3.78. The summed E-state index contributed by atoms with van der Waals surface area (Å²) >= 11 is 0. The van der Waals surface area contributed by atoms with Gasteiger partial charge in [0.05, 0.1) is 0 Å². The molecular weight excluding hydrogens is 208 g/mol. The Bertz CT molecular complexity index is 339. The normalized spacial score (nSPS) is 26.0. The van der Waals surface area contributed by atoms with Crippen molar-refractivity contribution in [3.8, 4) is 0 Å². The molecule has 1 saturated carbocycles. The number of rotatable bonds is 5. The minimum atomic E-state index is 0.582. The summed E-state index contributed by atoms with van der Waals surface area (Å²) < 4.78 is 0. The third kappa shape index (κ3) is 2.88. The highest BCUT2D eigenvalue weighted by molar-refractivity contribution is 5.21. The van der Waals surface area contributed by atoms with Crippen molar-refractivity contribution in [3.63, 3.8) is 0 Å². The van der Waals surface area contributed by atoms with Gasteiger partial charge in [-0.05, 0) is 43.7 Å². The minimum Gasteiger partial charge on any atom is -0.313 e. The van der Waals surface area contributed by atoms with E-state index in [0.29, 0.717) is 12.1 Å². The van der Waals surface area contributed by atoms with E-state index in [-0.39, 0.29) is 0 Å². The highest BCUT2D eigenvalue weighted by atomic mass is 15.0. The Morgan fingerprint density at radius 1 is 1.18 bits per heavy atom. The maximum absolute atomic E-state index is 3.78. The van der Waals surface area contributed by atoms with Crippen molar-refractivity contribution < 1.29 is 0 Å². The molecule has 1 heterocycles. The molecule has 2 atom stereocenters. The van der Waals surface area contributed by atoms with Gasteiger partial charge >= 0.3 is 0 Å². The van der Waals surface area contributed by atoms with E-state index in [1.54, 1.807) is 0 Å². The van der Waals surface area contributed by atoms with Gasteiger partial charge in [-0.15, -0.1) is 0 Å². The Morgan fingerprint density at radius 3 is 2.65 bits per heavy atom. The van der Waals surface area contributed by atoms with E-state index < -0.39 is 0 Å². The Hall–Kier alpha value is -0.860. The molecule has 1 aliphatic carbocycles. The topological polar surface area (TPSA) is 24.1 Å². The molecule has 0 radical (unpaired) electrons. The SMILES string of the molecule is c1ccc(C(NCC2CCCN2)C2CC2)cc1. The van der Waals surface area contributed by atoms with Crippen molar-refractivity contribution >= 4 is 0 Å². The summed E-state index contributed by atoms with van der Waals surface area (Å²) in [4.78, 5) is 0. The molecule has 2 fully saturated rings. The summed E-state index contributed by atoms with van der Waals surface area (Å²) in [5, 5.41) is 7.34. The van der Waals surface area contributed by atoms with Gasteiger partial charge in [0.15, 0.2) is 0 Å². The molecule has 92 valence electrons. The predicted molar refractivity (Wildman–Crippen MR) is 70.9 cm³/mol. The highest BCUT2D eigenvalue weighted by Crippen LogP contribution is 2.40. The first-order valence-electron chi connectivity index (χ1n) is 6.95. The Kier molecular flexibility index (Phi) is 3.44. The zero-order valence-corrected chi connectivity index (χ0v) is 10.4. The van der Waals surface area contributed by atoms with Gasteiger partial charge in [0.25, 0.3) is 0 Å². The highest BCUT2D eigenvalue weighted by Gasteiger charge is 2.32. The van der Waals surface area contributed by atoms with Crippen LogP contribution in [0.15, 0.2) is 30.3 Å². The number of benzene rings is 1. The van der Waals surface area contributed by atoms with Gasteiger partial charge in [-0.2, -0.15) is 0 Å². The summed E-state index contributed by atoms with van der Waals surface area (Å²) in [6.07, 6.45) is 5.46. The van der Waals surface area contributed by atoms with E-state index in [1.807, 2.05) is 0 Å². The lowest BCUT2D eigenvalue weighted by molar-refractivity contribution is 0.438. The molecule has 0 amide bonds. The van der Waals surface area contributed by atoms with Crippen LogP contribution in [0.3, 0.4) is 0 Å². The second-order valence-electron chi connectivity index (χ2n) is 5.43. The van der Waals surface area contributed by atoms with E-state index in [1.165, 1.54) is 37.8 Å². The van der Waals surface area contributed by atoms with E-state index in [9.17, 15) is 0 Å². The summed E-state index contributed by atoms with van der Waals surface area (Å²) in [5.74, 6) is 0.874. The molecule has 2 nitrogen and oxygen atoms in total. The summed E-state index contributed by atoms with van der Waals surface area (Å²) in [7, 11) is 0. The van der Waals surface area contributed by atoms with Crippen molar-refractivity contribution in [2.75, 3.05) is 13.1 Å². The molecule has 3 rings (SSSR count). The molecule has 2 N–H and O–H groups in total. The molecule has 2 heteroatoms. The van der Waals surface area contributed by atoms with Gasteiger partial charge in [0, 0.05) is 18.6 Å². The molecule has 2 aliphatic rings. The molecule has 1 aromatic rings. The van der Waals surface area contributed by atoms with Crippen LogP contribution in [0.2, 0.25) is 0 Å². The molecule has 0 aromatic heterocycles. The monoisotopic (exact) mass is 230 g/mol. The molecule has 0 spiro atoms. The zero-order chi connectivity index (χ0) is 11.5. The fourth-order valence-electron chi connectivity index (χ4n) is 2.85. The predicted octanol–water partition coefficient (Wildman–Crippen LogP) is 2.48. The van der Waals surface area contributed by atoms with E-state index >= 15 is 0 Å². The zero-order valence-electron chi connectivity index (χ0n) is 10.4. The lowest BCUT2D eigenvalue weighted by Crippen LogP contribution is -2.36. The molecule has 17 heavy (non-hydrogen) atoms. The quantitative estimate of drug-likeness (QED) is 0.812. The van der Waals surface area contributed by atoms with Crippen LogP contribution in [0.1, 0.15) is 37.3 Å². The maximum Gasteiger partial charge on any atom is 0.0349 e. The smallest absolute Gasteiger partial charge is 0.0349 e. The number of hydrogen-bond donors (Lipinski definition) is 2. The first-order valence-corrected chi connectivity index (χ1v) is 6.95. The average Bonchev–Trinajstić information content (AvgIpc) is 3.07.